The quantitative estimate of drug-likeness (QED) is 0.377. The average Bonchev–Trinajstić information content (AvgIpc) is 3.30. The highest BCUT2D eigenvalue weighted by Crippen LogP contribution is 2.41. The third kappa shape index (κ3) is 4.74. The van der Waals surface area contributed by atoms with E-state index >= 15 is 0 Å². The number of hydrogen-bond donors (Lipinski definition) is 2. The molecule has 2 saturated carbocycles. The molecule has 0 unspecified atom stereocenters. The Bertz CT molecular complexity index is 1610. The molecule has 0 radical (unpaired) electrons. The number of carbonyl (C=O) groups excluding carboxylic acids is 2. The van der Waals surface area contributed by atoms with E-state index in [-0.39, 0.29) is 18.6 Å². The fourth-order valence-electron chi connectivity index (χ4n) is 4.95. The Kier molecular flexibility index (Phi) is 5.71. The Balaban J connectivity index is 1.26. The van der Waals surface area contributed by atoms with Crippen molar-refractivity contribution in [1.29, 1.82) is 5.26 Å². The number of benzene rings is 2. The first-order valence-corrected chi connectivity index (χ1v) is 12.6. The predicted molar refractivity (Wildman–Crippen MR) is 136 cm³/mol. The topological polar surface area (TPSA) is 126 Å². The predicted octanol–water partition coefficient (Wildman–Crippen LogP) is 4.53. The normalized spacial score (nSPS) is 18.7. The molecule has 0 spiro atoms. The van der Waals surface area contributed by atoms with Crippen LogP contribution in [0.15, 0.2) is 65.6 Å². The zero-order valence-electron chi connectivity index (χ0n) is 20.8. The van der Waals surface area contributed by atoms with Crippen LogP contribution in [0.25, 0.3) is 27.8 Å². The van der Waals surface area contributed by atoms with Crippen molar-refractivity contribution in [3.63, 3.8) is 0 Å². The molecule has 2 aromatic heterocycles. The molecular formula is C28H24F2N6O3. The van der Waals surface area contributed by atoms with Gasteiger partial charge in [0.15, 0.2) is 5.76 Å². The van der Waals surface area contributed by atoms with Crippen molar-refractivity contribution < 1.29 is 22.8 Å². The molecule has 198 valence electrons. The number of alkyl halides is 2. The van der Waals surface area contributed by atoms with Crippen molar-refractivity contribution in [1.82, 2.24) is 25.4 Å². The zero-order valence-corrected chi connectivity index (χ0v) is 20.8. The summed E-state index contributed by atoms with van der Waals surface area (Å²) in [5.74, 6) is -4.24. The number of halogens is 2. The summed E-state index contributed by atoms with van der Waals surface area (Å²) in [6.45, 7) is 0. The van der Waals surface area contributed by atoms with Gasteiger partial charge in [-0.25, -0.2) is 18.4 Å². The summed E-state index contributed by atoms with van der Waals surface area (Å²) in [6, 6.07) is 16.8. The second-order valence-corrected chi connectivity index (χ2v) is 10.3. The Hall–Kier alpha value is -4.59. The van der Waals surface area contributed by atoms with Crippen molar-refractivity contribution in [3.8, 4) is 22.9 Å². The van der Waals surface area contributed by atoms with E-state index in [1.54, 1.807) is 23.1 Å². The molecule has 4 aromatic rings. The maximum absolute atomic E-state index is 14.0. The van der Waals surface area contributed by atoms with E-state index in [1.165, 1.54) is 6.33 Å². The van der Waals surface area contributed by atoms with Crippen LogP contribution in [0.2, 0.25) is 0 Å². The number of nitriles is 1. The number of nitrogens with zero attached hydrogens (tertiary/aromatic N) is 4. The molecular weight excluding hydrogens is 506 g/mol. The van der Waals surface area contributed by atoms with Gasteiger partial charge in [-0.05, 0) is 61.1 Å². The highest BCUT2D eigenvalue weighted by atomic mass is 19.3. The lowest BCUT2D eigenvalue weighted by Gasteiger charge is -2.39. The number of fused-ring (bicyclic) bond motifs is 1. The smallest absolute Gasteiger partial charge is 0.287 e. The van der Waals surface area contributed by atoms with Gasteiger partial charge in [0.25, 0.3) is 5.91 Å². The SMILES string of the molecule is N#CC1(NC(=O)C2(NC(=O)c3cc4ccc(-c5cccc(-n6cncn6)c5)cc4o3)CCC(F)(F)CC2)CC1. The van der Waals surface area contributed by atoms with Gasteiger partial charge in [-0.1, -0.05) is 24.3 Å². The summed E-state index contributed by atoms with van der Waals surface area (Å²) in [6.07, 6.45) is 2.46. The van der Waals surface area contributed by atoms with Crippen LogP contribution in [-0.2, 0) is 4.79 Å². The van der Waals surface area contributed by atoms with Crippen molar-refractivity contribution in [2.75, 3.05) is 0 Å². The van der Waals surface area contributed by atoms with Crippen molar-refractivity contribution in [2.24, 2.45) is 0 Å². The summed E-state index contributed by atoms with van der Waals surface area (Å²) in [5, 5.41) is 19.6. The standard InChI is InChI=1S/C28H24F2N6O3/c29-28(30)10-8-27(9-11-28,25(38)35-26(15-31)6-7-26)34-24(37)23-14-20-5-4-19(13-22(20)39-23)18-2-1-3-21(12-18)36-17-32-16-33-36/h1-5,12-14,16-17H,6-11H2,(H,34,37)(H,35,38). The number of rotatable bonds is 6. The summed E-state index contributed by atoms with van der Waals surface area (Å²) >= 11 is 0. The van der Waals surface area contributed by atoms with Crippen LogP contribution >= 0.6 is 0 Å². The lowest BCUT2D eigenvalue weighted by molar-refractivity contribution is -0.133. The number of hydrogen-bond acceptors (Lipinski definition) is 6. The van der Waals surface area contributed by atoms with Gasteiger partial charge in [-0.2, -0.15) is 10.4 Å². The van der Waals surface area contributed by atoms with Crippen LogP contribution in [0.3, 0.4) is 0 Å². The molecule has 0 aliphatic heterocycles. The summed E-state index contributed by atoms with van der Waals surface area (Å²) in [4.78, 5) is 30.5. The van der Waals surface area contributed by atoms with Gasteiger partial charge in [-0.15, -0.1) is 0 Å². The van der Waals surface area contributed by atoms with Crippen molar-refractivity contribution >= 4 is 22.8 Å². The van der Waals surface area contributed by atoms with Crippen molar-refractivity contribution in [2.45, 2.75) is 55.5 Å². The van der Waals surface area contributed by atoms with Crippen LogP contribution in [-0.4, -0.2) is 43.6 Å². The van der Waals surface area contributed by atoms with Gasteiger partial charge in [-0.3, -0.25) is 9.59 Å². The molecule has 2 fully saturated rings. The van der Waals surface area contributed by atoms with Crippen LogP contribution in [0, 0.1) is 11.3 Å². The van der Waals surface area contributed by atoms with Crippen LogP contribution < -0.4 is 10.6 Å². The highest BCUT2D eigenvalue weighted by Gasteiger charge is 2.53. The molecule has 0 bridgehead atoms. The van der Waals surface area contributed by atoms with Gasteiger partial charge in [0.05, 0.1) is 11.8 Å². The Morgan fingerprint density at radius 2 is 1.74 bits per heavy atom. The first-order chi connectivity index (χ1) is 18.7. The lowest BCUT2D eigenvalue weighted by atomic mass is 9.78. The van der Waals surface area contributed by atoms with E-state index < -0.39 is 41.7 Å². The monoisotopic (exact) mass is 530 g/mol. The first kappa shape index (κ1) is 24.7. The van der Waals surface area contributed by atoms with Crippen LogP contribution in [0.1, 0.15) is 49.1 Å². The molecule has 39 heavy (non-hydrogen) atoms. The van der Waals surface area contributed by atoms with Gasteiger partial charge >= 0.3 is 0 Å². The molecule has 2 aliphatic carbocycles. The second-order valence-electron chi connectivity index (χ2n) is 10.3. The van der Waals surface area contributed by atoms with E-state index in [0.29, 0.717) is 23.8 Å². The third-order valence-electron chi connectivity index (χ3n) is 7.55. The molecule has 2 heterocycles. The number of carbonyl (C=O) groups is 2. The molecule has 2 aromatic carbocycles. The van der Waals surface area contributed by atoms with Gasteiger partial charge in [0.1, 0.15) is 29.3 Å². The van der Waals surface area contributed by atoms with E-state index in [9.17, 15) is 23.6 Å². The Morgan fingerprint density at radius 1 is 0.974 bits per heavy atom. The Morgan fingerprint density at radius 3 is 2.44 bits per heavy atom. The van der Waals surface area contributed by atoms with Gasteiger partial charge in [0, 0.05) is 18.2 Å². The maximum Gasteiger partial charge on any atom is 0.287 e. The first-order valence-electron chi connectivity index (χ1n) is 12.6. The lowest BCUT2D eigenvalue weighted by Crippen LogP contribution is -2.62. The van der Waals surface area contributed by atoms with Gasteiger partial charge < -0.3 is 15.1 Å². The molecule has 0 atom stereocenters. The van der Waals surface area contributed by atoms with E-state index in [4.69, 9.17) is 4.42 Å². The fourth-order valence-corrected chi connectivity index (χ4v) is 4.95. The molecule has 11 heteroatoms. The molecule has 9 nitrogen and oxygen atoms in total. The zero-order chi connectivity index (χ0) is 27.3. The Labute approximate surface area is 221 Å². The number of nitrogens with one attached hydrogen (secondary N) is 2. The maximum atomic E-state index is 14.0. The molecule has 2 aliphatic rings. The molecule has 6 rings (SSSR count). The highest BCUT2D eigenvalue weighted by molar-refractivity contribution is 6.00. The number of furan rings is 1. The van der Waals surface area contributed by atoms with E-state index in [1.807, 2.05) is 36.4 Å². The molecule has 2 N–H and O–H groups in total. The van der Waals surface area contributed by atoms with Crippen LogP contribution in [0.4, 0.5) is 8.78 Å². The third-order valence-corrected chi connectivity index (χ3v) is 7.55. The average molecular weight is 531 g/mol. The fraction of sp³-hybridized carbons (Fsp3) is 0.321. The van der Waals surface area contributed by atoms with E-state index in [2.05, 4.69) is 26.8 Å². The molecule has 0 saturated heterocycles. The summed E-state index contributed by atoms with van der Waals surface area (Å²) < 4.78 is 35.5. The number of amides is 2. The second kappa shape index (κ2) is 9.01. The van der Waals surface area contributed by atoms with Gasteiger partial charge in [0.2, 0.25) is 11.8 Å². The number of aromatic nitrogens is 3. The summed E-state index contributed by atoms with van der Waals surface area (Å²) in [7, 11) is 0. The van der Waals surface area contributed by atoms with Crippen LogP contribution in [0.5, 0.6) is 0 Å². The largest absolute Gasteiger partial charge is 0.451 e. The minimum absolute atomic E-state index is 0.0376. The summed E-state index contributed by atoms with van der Waals surface area (Å²) in [5.41, 5.74) is 0.488. The minimum Gasteiger partial charge on any atom is -0.451 e. The minimum atomic E-state index is -2.91. The van der Waals surface area contributed by atoms with Crippen molar-refractivity contribution in [3.05, 3.63) is 66.9 Å². The molecule has 2 amide bonds. The van der Waals surface area contributed by atoms with E-state index in [0.717, 1.165) is 16.8 Å².